The first-order valence-electron chi connectivity index (χ1n) is 5.73. The van der Waals surface area contributed by atoms with Crippen LogP contribution in [0.3, 0.4) is 0 Å². The van der Waals surface area contributed by atoms with Crippen LogP contribution in [0.25, 0.3) is 0 Å². The van der Waals surface area contributed by atoms with Crippen LogP contribution in [0.5, 0.6) is 0 Å². The van der Waals surface area contributed by atoms with E-state index < -0.39 is 5.97 Å². The lowest BCUT2D eigenvalue weighted by Crippen LogP contribution is -2.47. The molecule has 1 heterocycles. The van der Waals surface area contributed by atoms with Crippen LogP contribution in [0.2, 0.25) is 0 Å². The number of aliphatic hydroxyl groups is 1. The smallest absolute Gasteiger partial charge is 0.303 e. The predicted octanol–water partition coefficient (Wildman–Crippen LogP) is 1.09. The molecule has 2 N–H and O–H groups in total. The minimum absolute atomic E-state index is 0.192. The number of carboxylic acid groups (broad SMARTS) is 1. The molecule has 1 rings (SSSR count). The molecular weight excluding hydrogens is 194 g/mol. The Kier molecular flexibility index (Phi) is 5.05. The minimum Gasteiger partial charge on any atom is -0.481 e. The fourth-order valence-electron chi connectivity index (χ4n) is 2.30. The monoisotopic (exact) mass is 215 g/mol. The molecule has 0 amide bonds. The lowest BCUT2D eigenvalue weighted by molar-refractivity contribution is -0.137. The average molecular weight is 215 g/mol. The van der Waals surface area contributed by atoms with Gasteiger partial charge in [-0.1, -0.05) is 6.42 Å². The van der Waals surface area contributed by atoms with Crippen LogP contribution in [0.4, 0.5) is 0 Å². The highest BCUT2D eigenvalue weighted by Crippen LogP contribution is 2.21. The Morgan fingerprint density at radius 1 is 1.53 bits per heavy atom. The molecule has 4 heteroatoms. The van der Waals surface area contributed by atoms with Gasteiger partial charge in [-0.15, -0.1) is 0 Å². The molecular formula is C11H21NO3. The van der Waals surface area contributed by atoms with E-state index in [0.717, 1.165) is 19.4 Å². The van der Waals surface area contributed by atoms with Crippen LogP contribution in [-0.2, 0) is 4.79 Å². The van der Waals surface area contributed by atoms with Crippen molar-refractivity contribution in [3.63, 3.8) is 0 Å². The summed E-state index contributed by atoms with van der Waals surface area (Å²) in [4.78, 5) is 12.7. The van der Waals surface area contributed by atoms with Gasteiger partial charge in [0.05, 0.1) is 6.61 Å². The Bertz CT molecular complexity index is 208. The maximum absolute atomic E-state index is 10.5. The molecule has 2 unspecified atom stereocenters. The second kappa shape index (κ2) is 6.08. The quantitative estimate of drug-likeness (QED) is 0.720. The first-order chi connectivity index (χ1) is 7.15. The van der Waals surface area contributed by atoms with Crippen molar-refractivity contribution in [1.29, 1.82) is 0 Å². The number of hydrogen-bond donors (Lipinski definition) is 2. The molecule has 0 bridgehead atoms. The largest absolute Gasteiger partial charge is 0.481 e. The van der Waals surface area contributed by atoms with Crippen molar-refractivity contribution in [1.82, 2.24) is 4.90 Å². The van der Waals surface area contributed by atoms with E-state index >= 15 is 0 Å². The van der Waals surface area contributed by atoms with Gasteiger partial charge < -0.3 is 10.2 Å². The number of rotatable bonds is 5. The van der Waals surface area contributed by atoms with E-state index in [1.807, 2.05) is 0 Å². The van der Waals surface area contributed by atoms with Gasteiger partial charge in [0.1, 0.15) is 0 Å². The number of carbonyl (C=O) groups is 1. The van der Waals surface area contributed by atoms with Crippen molar-refractivity contribution in [2.75, 3.05) is 13.2 Å². The molecule has 0 aromatic carbocycles. The lowest BCUT2D eigenvalue weighted by Gasteiger charge is -2.39. The Balaban J connectivity index is 2.40. The molecule has 1 aliphatic rings. The van der Waals surface area contributed by atoms with Crippen molar-refractivity contribution in [2.24, 2.45) is 0 Å². The van der Waals surface area contributed by atoms with Crippen molar-refractivity contribution < 1.29 is 15.0 Å². The highest BCUT2D eigenvalue weighted by molar-refractivity contribution is 5.66. The molecule has 4 nitrogen and oxygen atoms in total. The molecule has 1 fully saturated rings. The van der Waals surface area contributed by atoms with E-state index in [-0.39, 0.29) is 25.1 Å². The van der Waals surface area contributed by atoms with Gasteiger partial charge in [0.2, 0.25) is 0 Å². The van der Waals surface area contributed by atoms with Crippen molar-refractivity contribution >= 4 is 5.97 Å². The number of piperidine rings is 1. The molecule has 0 aliphatic carbocycles. The molecule has 0 radical (unpaired) electrons. The number of carboxylic acids is 1. The highest BCUT2D eigenvalue weighted by atomic mass is 16.4. The third-order valence-corrected chi connectivity index (χ3v) is 3.23. The summed E-state index contributed by atoms with van der Waals surface area (Å²) in [6.45, 7) is 3.24. The molecule has 0 aromatic heterocycles. The Morgan fingerprint density at radius 3 is 2.87 bits per heavy atom. The topological polar surface area (TPSA) is 60.8 Å². The molecule has 1 aliphatic heterocycles. The number of nitrogens with zero attached hydrogens (tertiary/aromatic N) is 1. The van der Waals surface area contributed by atoms with E-state index in [2.05, 4.69) is 11.8 Å². The van der Waals surface area contributed by atoms with Crippen molar-refractivity contribution in [3.8, 4) is 0 Å². The van der Waals surface area contributed by atoms with Crippen LogP contribution in [0.15, 0.2) is 0 Å². The second-order valence-electron chi connectivity index (χ2n) is 4.35. The number of hydrogen-bond acceptors (Lipinski definition) is 3. The predicted molar refractivity (Wildman–Crippen MR) is 57.8 cm³/mol. The fourth-order valence-corrected chi connectivity index (χ4v) is 2.30. The summed E-state index contributed by atoms with van der Waals surface area (Å²) < 4.78 is 0. The fraction of sp³-hybridized carbons (Fsp3) is 0.909. The number of aliphatic hydroxyl groups excluding tert-OH is 1. The van der Waals surface area contributed by atoms with Crippen molar-refractivity contribution in [2.45, 2.75) is 51.1 Å². The lowest BCUT2D eigenvalue weighted by atomic mass is 9.99. The van der Waals surface area contributed by atoms with Gasteiger partial charge in [-0.25, -0.2) is 0 Å². The zero-order valence-corrected chi connectivity index (χ0v) is 9.35. The standard InChI is InChI=1S/C11H21NO3/c1-9(5-6-11(14)15)12-7-3-2-4-10(12)8-13/h9-10,13H,2-8H2,1H3,(H,14,15). The number of aliphatic carboxylic acids is 1. The van der Waals surface area contributed by atoms with Crippen molar-refractivity contribution in [3.05, 3.63) is 0 Å². The molecule has 2 atom stereocenters. The van der Waals surface area contributed by atoms with E-state index in [4.69, 9.17) is 5.11 Å². The Morgan fingerprint density at radius 2 is 2.27 bits per heavy atom. The second-order valence-corrected chi connectivity index (χ2v) is 4.35. The average Bonchev–Trinajstić information content (AvgIpc) is 2.25. The third kappa shape index (κ3) is 3.80. The summed E-state index contributed by atoms with van der Waals surface area (Å²) >= 11 is 0. The third-order valence-electron chi connectivity index (χ3n) is 3.23. The summed E-state index contributed by atoms with van der Waals surface area (Å²) in [7, 11) is 0. The molecule has 0 saturated carbocycles. The first-order valence-corrected chi connectivity index (χ1v) is 5.73. The summed E-state index contributed by atoms with van der Waals surface area (Å²) in [5.41, 5.74) is 0. The van der Waals surface area contributed by atoms with Gasteiger partial charge in [-0.05, 0) is 32.7 Å². The van der Waals surface area contributed by atoms with Crippen LogP contribution in [0, 0.1) is 0 Å². The van der Waals surface area contributed by atoms with Gasteiger partial charge in [0.25, 0.3) is 0 Å². The van der Waals surface area contributed by atoms with E-state index in [1.165, 1.54) is 6.42 Å². The van der Waals surface area contributed by atoms with Gasteiger partial charge in [-0.2, -0.15) is 0 Å². The van der Waals surface area contributed by atoms with E-state index in [9.17, 15) is 9.90 Å². The molecule has 88 valence electrons. The zero-order chi connectivity index (χ0) is 11.3. The van der Waals surface area contributed by atoms with E-state index in [1.54, 1.807) is 0 Å². The molecule has 0 aromatic rings. The van der Waals surface area contributed by atoms with E-state index in [0.29, 0.717) is 6.42 Å². The Hall–Kier alpha value is -0.610. The Labute approximate surface area is 90.9 Å². The normalized spacial score (nSPS) is 25.1. The van der Waals surface area contributed by atoms with Gasteiger partial charge in [-0.3, -0.25) is 9.69 Å². The minimum atomic E-state index is -0.737. The molecule has 15 heavy (non-hydrogen) atoms. The molecule has 1 saturated heterocycles. The summed E-state index contributed by atoms with van der Waals surface area (Å²) in [6.07, 6.45) is 4.26. The first kappa shape index (κ1) is 12.5. The maximum atomic E-state index is 10.5. The van der Waals surface area contributed by atoms with Gasteiger partial charge in [0.15, 0.2) is 0 Å². The van der Waals surface area contributed by atoms with Crippen LogP contribution in [-0.4, -0.2) is 46.3 Å². The summed E-state index contributed by atoms with van der Waals surface area (Å²) in [5.74, 6) is -0.737. The summed E-state index contributed by atoms with van der Waals surface area (Å²) in [6, 6.07) is 0.501. The van der Waals surface area contributed by atoms with Crippen LogP contribution < -0.4 is 0 Å². The van der Waals surface area contributed by atoms with Crippen LogP contribution >= 0.6 is 0 Å². The maximum Gasteiger partial charge on any atom is 0.303 e. The SMILES string of the molecule is CC(CCC(=O)O)N1CCCCC1CO. The van der Waals surface area contributed by atoms with Gasteiger partial charge in [0, 0.05) is 18.5 Å². The van der Waals surface area contributed by atoms with Gasteiger partial charge >= 0.3 is 5.97 Å². The van der Waals surface area contributed by atoms with Crippen LogP contribution in [0.1, 0.15) is 39.0 Å². The summed E-state index contributed by atoms with van der Waals surface area (Å²) in [5, 5.41) is 17.8. The molecule has 0 spiro atoms. The number of likely N-dealkylation sites (tertiary alicyclic amines) is 1. The highest BCUT2D eigenvalue weighted by Gasteiger charge is 2.25. The zero-order valence-electron chi connectivity index (χ0n) is 9.35.